The minimum Gasteiger partial charge on any atom is -0.490 e. The van der Waals surface area contributed by atoms with Crippen molar-refractivity contribution in [2.24, 2.45) is 0 Å². The van der Waals surface area contributed by atoms with Crippen LogP contribution in [0.25, 0.3) is 31.8 Å². The van der Waals surface area contributed by atoms with E-state index in [1.807, 2.05) is 19.9 Å². The summed E-state index contributed by atoms with van der Waals surface area (Å²) < 4.78 is 58.4. The molecule has 2 saturated heterocycles. The van der Waals surface area contributed by atoms with Gasteiger partial charge in [-0.3, -0.25) is 4.90 Å². The lowest BCUT2D eigenvalue weighted by Crippen LogP contribution is -2.49. The Kier molecular flexibility index (Phi) is 15.7. The fraction of sp³-hybridized carbons (Fsp3) is 0.453. The molecule has 19 heteroatoms. The van der Waals surface area contributed by atoms with Gasteiger partial charge >= 0.3 is 5.97 Å². The van der Waals surface area contributed by atoms with E-state index in [9.17, 15) is 14.3 Å². The average molecular weight is 1040 g/mol. The van der Waals surface area contributed by atoms with E-state index in [0.717, 1.165) is 57.7 Å². The van der Waals surface area contributed by atoms with E-state index in [0.29, 0.717) is 114 Å². The van der Waals surface area contributed by atoms with Crippen molar-refractivity contribution in [1.29, 1.82) is 0 Å². The lowest BCUT2D eigenvalue weighted by Gasteiger charge is -2.35. The number of rotatable bonds is 11. The normalized spacial score (nSPS) is 22.2. The van der Waals surface area contributed by atoms with Crippen molar-refractivity contribution in [2.45, 2.75) is 82.9 Å². The summed E-state index contributed by atoms with van der Waals surface area (Å²) in [5.41, 5.74) is 4.49. The maximum absolute atomic E-state index is 14.4. The van der Waals surface area contributed by atoms with Gasteiger partial charge in [-0.15, -0.1) is 11.3 Å². The number of carboxylic acid groups (broad SMARTS) is 1. The number of aromatic nitrogens is 4. The van der Waals surface area contributed by atoms with Crippen LogP contribution in [0.3, 0.4) is 0 Å². The summed E-state index contributed by atoms with van der Waals surface area (Å²) in [6, 6.07) is 13.3. The molecule has 3 aromatic heterocycles. The number of thiophene rings is 1. The largest absolute Gasteiger partial charge is 0.490 e. The number of carboxylic acids is 1. The second-order valence-corrected chi connectivity index (χ2v) is 20.7. The molecule has 11 rings (SSSR count). The van der Waals surface area contributed by atoms with Crippen LogP contribution in [0.15, 0.2) is 61.1 Å². The van der Waals surface area contributed by atoms with Gasteiger partial charge in [0.2, 0.25) is 12.0 Å². The Balaban J connectivity index is 0.984. The molecule has 0 amide bonds. The molecule has 1 N–H and O–H groups in total. The third-order valence-corrected chi connectivity index (χ3v) is 16.0. The van der Waals surface area contributed by atoms with Crippen molar-refractivity contribution in [2.75, 3.05) is 72.8 Å². The summed E-state index contributed by atoms with van der Waals surface area (Å²) in [4.78, 5) is 38.1. The highest BCUT2D eigenvalue weighted by molar-refractivity contribution is 7.22. The highest BCUT2D eigenvalue weighted by Gasteiger charge is 2.33. The lowest BCUT2D eigenvalue weighted by atomic mass is 9.86. The fourth-order valence-corrected chi connectivity index (χ4v) is 11.6. The Morgan fingerprint density at radius 2 is 1.68 bits per heavy atom. The first-order valence-electron chi connectivity index (χ1n) is 24.5. The van der Waals surface area contributed by atoms with Crippen molar-refractivity contribution < 1.29 is 47.4 Å². The predicted octanol–water partition coefficient (Wildman–Crippen LogP) is 9.38. The van der Waals surface area contributed by atoms with Crippen molar-refractivity contribution in [3.8, 4) is 44.7 Å². The maximum Gasteiger partial charge on any atom is 0.345 e. The molecule has 72 heavy (non-hydrogen) atoms. The van der Waals surface area contributed by atoms with Gasteiger partial charge in [0.1, 0.15) is 59.7 Å². The predicted molar refractivity (Wildman–Crippen MR) is 272 cm³/mol. The van der Waals surface area contributed by atoms with Crippen molar-refractivity contribution in [1.82, 2.24) is 29.7 Å². The number of nitrogens with zero attached hydrogens (tertiary/aromatic N) is 6. The van der Waals surface area contributed by atoms with Crippen LogP contribution < -0.4 is 18.9 Å². The molecule has 6 aromatic rings. The minimum absolute atomic E-state index is 0.0262. The molecule has 7 heterocycles. The molecule has 3 fully saturated rings. The van der Waals surface area contributed by atoms with Crippen LogP contribution in [-0.4, -0.2) is 138 Å². The van der Waals surface area contributed by atoms with Gasteiger partial charge in [0, 0.05) is 67.3 Å². The molecule has 4 bridgehead atoms. The van der Waals surface area contributed by atoms with Crippen molar-refractivity contribution in [3.05, 3.63) is 105 Å². The third kappa shape index (κ3) is 11.3. The number of likely N-dealkylation sites (N-methyl/N-ethyl adjacent to an activating group) is 1. The number of aliphatic carboxylic acids is 1. The summed E-state index contributed by atoms with van der Waals surface area (Å²) in [6.07, 6.45) is 4.67. The van der Waals surface area contributed by atoms with E-state index in [1.165, 1.54) is 29.8 Å². The number of ether oxygens (including phenoxy) is 7. The Hall–Kier alpha value is -5.24. The van der Waals surface area contributed by atoms with Gasteiger partial charge in [-0.2, -0.15) is 0 Å². The number of halogens is 3. The molecular formula is C53H57Cl2FN6O9S. The molecule has 380 valence electrons. The molecule has 0 radical (unpaired) electrons. The monoisotopic (exact) mass is 1040 g/mol. The highest BCUT2D eigenvalue weighted by Crippen LogP contribution is 2.53. The number of piperazine rings is 1. The SMILES string of the molecule is Cc1c(Cl)c2c(Cl)c(C)c1-c1c(-c3ccc(F)cc3)sc3ncnc(c13)OC(C(=O)O)Cc1cc(ccc1OCc1ccnc(C3CCC(OC[C@@H]4COCCO4)CC3)n1)OC[C@@H](CN1CCN(C)CC1)O2. The van der Waals surface area contributed by atoms with Crippen LogP contribution in [0.2, 0.25) is 10.0 Å². The van der Waals surface area contributed by atoms with Gasteiger partial charge < -0.3 is 43.2 Å². The molecular weight excluding hydrogens is 987 g/mol. The quantitative estimate of drug-likeness (QED) is 0.131. The number of benzene rings is 3. The standard InChI is InChI=1S/C53H57Cl2FN6O9S/c1-30-43-31(2)47(55)48(46(30)54)70-39(24-62-18-16-61(3)17-19-62)27-68-38-12-13-41(69-25-36-14-15-57-50(60-36)33-6-10-37(11-7-33)67-28-40-26-65-20-21-66-40)34(22-38)23-42(53(63)64)71-51-45-44(43)49(72-52(45)59-29-58-51)32-4-8-35(56)9-5-32/h4-5,8-9,12-15,22,29,33,37,39-40,42H,6-7,10-11,16-21,23-28H2,1-3H3,(H,63,64)/t33?,37?,39-,40+,42?/m1/s1. The van der Waals surface area contributed by atoms with Crippen LogP contribution in [0.5, 0.6) is 23.1 Å². The highest BCUT2D eigenvalue weighted by atomic mass is 35.5. The van der Waals surface area contributed by atoms with E-state index in [2.05, 4.69) is 31.8 Å². The zero-order valence-corrected chi connectivity index (χ0v) is 42.7. The maximum atomic E-state index is 14.4. The number of hydrogen-bond acceptors (Lipinski definition) is 15. The molecule has 3 aromatic carbocycles. The number of fused-ring (bicyclic) bond motifs is 7. The second kappa shape index (κ2) is 22.5. The third-order valence-electron chi connectivity index (χ3n) is 13.9. The van der Waals surface area contributed by atoms with Gasteiger partial charge in [-0.1, -0.05) is 35.3 Å². The molecule has 15 nitrogen and oxygen atoms in total. The first-order valence-corrected chi connectivity index (χ1v) is 26.0. The lowest BCUT2D eigenvalue weighted by molar-refractivity contribution is -0.145. The van der Waals surface area contributed by atoms with Crippen LogP contribution in [0.1, 0.15) is 59.8 Å². The molecule has 1 unspecified atom stereocenters. The van der Waals surface area contributed by atoms with Gasteiger partial charge in [-0.05, 0) is 105 Å². The Morgan fingerprint density at radius 1 is 0.903 bits per heavy atom. The number of hydrogen-bond donors (Lipinski definition) is 1. The molecule has 1 saturated carbocycles. The van der Waals surface area contributed by atoms with Crippen molar-refractivity contribution in [3.63, 3.8) is 0 Å². The molecule has 5 aliphatic rings. The van der Waals surface area contributed by atoms with Gasteiger partial charge in [0.25, 0.3) is 0 Å². The topological polar surface area (TPSA) is 160 Å². The smallest absolute Gasteiger partial charge is 0.345 e. The van der Waals surface area contributed by atoms with E-state index in [-0.39, 0.29) is 43.6 Å². The number of carbonyl (C=O) groups is 1. The van der Waals surface area contributed by atoms with E-state index < -0.39 is 24.0 Å². The summed E-state index contributed by atoms with van der Waals surface area (Å²) in [6.45, 7) is 10.3. The summed E-state index contributed by atoms with van der Waals surface area (Å²) in [7, 11) is 2.11. The molecule has 3 atom stereocenters. The van der Waals surface area contributed by atoms with Crippen LogP contribution in [-0.2, 0) is 32.0 Å². The minimum atomic E-state index is -1.46. The Bertz CT molecular complexity index is 2860. The van der Waals surface area contributed by atoms with E-state index in [4.69, 9.17) is 61.3 Å². The molecule has 0 spiro atoms. The average Bonchev–Trinajstić information content (AvgIpc) is 3.78. The first-order chi connectivity index (χ1) is 34.9. The zero-order valence-electron chi connectivity index (χ0n) is 40.4. The van der Waals surface area contributed by atoms with Gasteiger partial charge in [0.05, 0.1) is 53.7 Å². The fourth-order valence-electron chi connectivity index (χ4n) is 9.92. The summed E-state index contributed by atoms with van der Waals surface area (Å²) in [5, 5.41) is 12.0. The van der Waals surface area contributed by atoms with Crippen LogP contribution in [0, 0.1) is 19.7 Å². The molecule has 4 aliphatic heterocycles. The summed E-state index contributed by atoms with van der Waals surface area (Å²) in [5.74, 6) is 0.559. The Morgan fingerprint density at radius 3 is 2.42 bits per heavy atom. The Labute approximate surface area is 431 Å². The van der Waals surface area contributed by atoms with Crippen molar-refractivity contribution >= 4 is 50.7 Å². The van der Waals surface area contributed by atoms with Gasteiger partial charge in [-0.25, -0.2) is 29.1 Å². The van der Waals surface area contributed by atoms with Crippen LogP contribution in [0.4, 0.5) is 4.39 Å². The first kappa shape index (κ1) is 50.3. The second-order valence-electron chi connectivity index (χ2n) is 18.9. The zero-order chi connectivity index (χ0) is 49.9. The van der Waals surface area contributed by atoms with Crippen LogP contribution >= 0.6 is 34.5 Å². The summed E-state index contributed by atoms with van der Waals surface area (Å²) >= 11 is 16.0. The van der Waals surface area contributed by atoms with E-state index in [1.54, 1.807) is 36.5 Å². The van der Waals surface area contributed by atoms with Gasteiger partial charge in [0.15, 0.2) is 5.75 Å². The molecule has 1 aliphatic carbocycles. The van der Waals surface area contributed by atoms with E-state index >= 15 is 0 Å².